The van der Waals surface area contributed by atoms with Gasteiger partial charge in [0.1, 0.15) is 11.6 Å². The first-order chi connectivity index (χ1) is 11.1. The lowest BCUT2D eigenvalue weighted by atomic mass is 10.2. The van der Waals surface area contributed by atoms with Crippen molar-refractivity contribution in [2.24, 2.45) is 0 Å². The van der Waals surface area contributed by atoms with Crippen molar-refractivity contribution in [2.45, 2.75) is 19.4 Å². The van der Waals surface area contributed by atoms with Gasteiger partial charge in [0.15, 0.2) is 11.5 Å². The Kier molecular flexibility index (Phi) is 4.02. The van der Waals surface area contributed by atoms with Crippen molar-refractivity contribution in [3.63, 3.8) is 0 Å². The number of aromatic nitrogens is 4. The van der Waals surface area contributed by atoms with Crippen LogP contribution in [0.2, 0.25) is 0 Å². The average molecular weight is 315 g/mol. The molecule has 0 aromatic carbocycles. The number of nitrogen functional groups attached to an aromatic ring is 1. The first kappa shape index (κ1) is 15.1. The van der Waals surface area contributed by atoms with Crippen molar-refractivity contribution in [1.29, 1.82) is 5.41 Å². The second-order valence-electron chi connectivity index (χ2n) is 5.22. The fourth-order valence-corrected chi connectivity index (χ4v) is 2.37. The van der Waals surface area contributed by atoms with E-state index in [-0.39, 0.29) is 23.5 Å². The largest absolute Gasteiger partial charge is 0.383 e. The van der Waals surface area contributed by atoms with E-state index in [1.807, 2.05) is 0 Å². The predicted molar refractivity (Wildman–Crippen MR) is 82.9 cm³/mol. The molecule has 2 aromatic heterocycles. The normalized spacial score (nSPS) is 17.2. The molecule has 1 unspecified atom stereocenters. The van der Waals surface area contributed by atoms with Crippen LogP contribution < -0.4 is 11.1 Å². The Hall–Kier alpha value is -2.81. The van der Waals surface area contributed by atoms with Gasteiger partial charge in [-0.05, 0) is 19.4 Å². The molecular weight excluding hydrogens is 298 g/mol. The second kappa shape index (κ2) is 6.13. The summed E-state index contributed by atoms with van der Waals surface area (Å²) >= 11 is 0. The third kappa shape index (κ3) is 3.04. The lowest BCUT2D eigenvalue weighted by Gasteiger charge is -2.09. The van der Waals surface area contributed by atoms with E-state index < -0.39 is 0 Å². The van der Waals surface area contributed by atoms with Crippen LogP contribution in [-0.2, 0) is 4.74 Å². The standard InChI is InChI=1S/C14H17N7O2/c1-8-17-12(16)10(6-15)13(18-8)21-4-2-11(20-21)14(22)19-9-3-5-23-7-9/h2,4,6,9,15H,3,5,7H2,1H3,(H,19,22)(H2,16,17,18). The highest BCUT2D eigenvalue weighted by Crippen LogP contribution is 2.15. The molecule has 0 aliphatic carbocycles. The number of ether oxygens (including phenoxy) is 1. The lowest BCUT2D eigenvalue weighted by molar-refractivity contribution is 0.0924. The molecule has 1 amide bonds. The first-order valence-corrected chi connectivity index (χ1v) is 7.17. The zero-order chi connectivity index (χ0) is 16.4. The Morgan fingerprint density at radius 1 is 1.57 bits per heavy atom. The van der Waals surface area contributed by atoms with Gasteiger partial charge >= 0.3 is 0 Å². The summed E-state index contributed by atoms with van der Waals surface area (Å²) in [5, 5.41) is 14.6. The van der Waals surface area contributed by atoms with E-state index in [1.165, 1.54) is 4.68 Å². The van der Waals surface area contributed by atoms with Gasteiger partial charge < -0.3 is 21.2 Å². The maximum atomic E-state index is 12.2. The van der Waals surface area contributed by atoms with Crippen molar-refractivity contribution < 1.29 is 9.53 Å². The molecule has 2 aromatic rings. The van der Waals surface area contributed by atoms with Crippen LogP contribution in [0.25, 0.3) is 5.82 Å². The highest BCUT2D eigenvalue weighted by molar-refractivity contribution is 5.92. The van der Waals surface area contributed by atoms with E-state index in [0.717, 1.165) is 12.6 Å². The molecule has 9 heteroatoms. The average Bonchev–Trinajstić information content (AvgIpc) is 3.17. The summed E-state index contributed by atoms with van der Waals surface area (Å²) in [4.78, 5) is 20.5. The van der Waals surface area contributed by atoms with E-state index in [4.69, 9.17) is 15.9 Å². The second-order valence-corrected chi connectivity index (χ2v) is 5.22. The number of anilines is 1. The van der Waals surface area contributed by atoms with Crippen molar-refractivity contribution in [3.8, 4) is 5.82 Å². The maximum Gasteiger partial charge on any atom is 0.272 e. The zero-order valence-corrected chi connectivity index (χ0v) is 12.6. The highest BCUT2D eigenvalue weighted by atomic mass is 16.5. The summed E-state index contributed by atoms with van der Waals surface area (Å²) in [6.07, 6.45) is 3.47. The van der Waals surface area contributed by atoms with Crippen molar-refractivity contribution in [2.75, 3.05) is 18.9 Å². The minimum absolute atomic E-state index is 0.0155. The van der Waals surface area contributed by atoms with Crippen LogP contribution in [0.3, 0.4) is 0 Å². The Balaban J connectivity index is 1.87. The molecule has 1 atom stereocenters. The number of nitrogens with two attached hydrogens (primary N) is 1. The van der Waals surface area contributed by atoms with E-state index in [0.29, 0.717) is 30.4 Å². The fraction of sp³-hybridized carbons (Fsp3) is 0.357. The molecule has 0 radical (unpaired) electrons. The maximum absolute atomic E-state index is 12.2. The lowest BCUT2D eigenvalue weighted by Crippen LogP contribution is -2.35. The number of aryl methyl sites for hydroxylation is 1. The molecule has 9 nitrogen and oxygen atoms in total. The van der Waals surface area contributed by atoms with Gasteiger partial charge in [0.05, 0.1) is 18.2 Å². The van der Waals surface area contributed by atoms with Crippen LogP contribution in [-0.4, -0.2) is 51.1 Å². The first-order valence-electron chi connectivity index (χ1n) is 7.17. The molecule has 3 heterocycles. The summed E-state index contributed by atoms with van der Waals surface area (Å²) in [6, 6.07) is 1.61. The van der Waals surface area contributed by atoms with Gasteiger partial charge in [-0.2, -0.15) is 5.10 Å². The molecular formula is C14H17N7O2. The number of hydrogen-bond acceptors (Lipinski definition) is 7. The highest BCUT2D eigenvalue weighted by Gasteiger charge is 2.20. The van der Waals surface area contributed by atoms with Crippen molar-refractivity contribution in [1.82, 2.24) is 25.1 Å². The Morgan fingerprint density at radius 2 is 2.39 bits per heavy atom. The monoisotopic (exact) mass is 315 g/mol. The molecule has 4 N–H and O–H groups in total. The fourth-order valence-electron chi connectivity index (χ4n) is 2.37. The van der Waals surface area contributed by atoms with Gasteiger partial charge in [0.2, 0.25) is 0 Å². The minimum atomic E-state index is -0.269. The van der Waals surface area contributed by atoms with E-state index in [9.17, 15) is 4.79 Å². The Bertz CT molecular complexity index is 750. The number of nitrogens with one attached hydrogen (secondary N) is 2. The Morgan fingerprint density at radius 3 is 3.09 bits per heavy atom. The summed E-state index contributed by atoms with van der Waals surface area (Å²) in [5.41, 5.74) is 6.43. The number of carbonyl (C=O) groups is 1. The van der Waals surface area contributed by atoms with Gasteiger partial charge in [-0.15, -0.1) is 0 Å². The topological polar surface area (TPSA) is 132 Å². The van der Waals surface area contributed by atoms with E-state index >= 15 is 0 Å². The van der Waals surface area contributed by atoms with Gasteiger partial charge in [-0.3, -0.25) is 4.79 Å². The zero-order valence-electron chi connectivity index (χ0n) is 12.6. The van der Waals surface area contributed by atoms with Crippen molar-refractivity contribution in [3.05, 3.63) is 29.3 Å². The smallest absolute Gasteiger partial charge is 0.272 e. The third-order valence-electron chi connectivity index (χ3n) is 3.51. The number of nitrogens with zero attached hydrogens (tertiary/aromatic N) is 4. The number of hydrogen-bond donors (Lipinski definition) is 3. The van der Waals surface area contributed by atoms with Crippen LogP contribution >= 0.6 is 0 Å². The third-order valence-corrected chi connectivity index (χ3v) is 3.51. The van der Waals surface area contributed by atoms with Gasteiger partial charge in [0, 0.05) is 19.0 Å². The number of rotatable bonds is 4. The molecule has 1 fully saturated rings. The molecule has 120 valence electrons. The summed E-state index contributed by atoms with van der Waals surface area (Å²) in [6.45, 7) is 2.87. The molecule has 1 aliphatic heterocycles. The van der Waals surface area contributed by atoms with Gasteiger partial charge in [0.25, 0.3) is 5.91 Å². The molecule has 1 aliphatic rings. The Labute approximate surface area is 132 Å². The molecule has 0 saturated carbocycles. The van der Waals surface area contributed by atoms with Gasteiger partial charge in [-0.1, -0.05) is 0 Å². The van der Waals surface area contributed by atoms with Crippen LogP contribution in [0.1, 0.15) is 28.3 Å². The van der Waals surface area contributed by atoms with Crippen LogP contribution in [0, 0.1) is 12.3 Å². The molecule has 23 heavy (non-hydrogen) atoms. The minimum Gasteiger partial charge on any atom is -0.383 e. The van der Waals surface area contributed by atoms with Gasteiger partial charge in [-0.25, -0.2) is 14.6 Å². The molecule has 1 saturated heterocycles. The van der Waals surface area contributed by atoms with E-state index in [2.05, 4.69) is 20.4 Å². The molecule has 3 rings (SSSR count). The summed E-state index contributed by atoms with van der Waals surface area (Å²) in [5.74, 6) is 0.766. The van der Waals surface area contributed by atoms with Crippen LogP contribution in [0.4, 0.5) is 5.82 Å². The molecule has 0 bridgehead atoms. The van der Waals surface area contributed by atoms with Crippen LogP contribution in [0.15, 0.2) is 12.3 Å². The van der Waals surface area contributed by atoms with Crippen LogP contribution in [0.5, 0.6) is 0 Å². The van der Waals surface area contributed by atoms with Crippen molar-refractivity contribution >= 4 is 17.9 Å². The number of carbonyl (C=O) groups excluding carboxylic acids is 1. The predicted octanol–water partition coefficient (Wildman–Crippen LogP) is 0.0693. The van der Waals surface area contributed by atoms with E-state index in [1.54, 1.807) is 19.2 Å². The summed E-state index contributed by atoms with van der Waals surface area (Å²) < 4.78 is 6.65. The SMILES string of the molecule is Cc1nc(N)c(C=N)c(-n2ccc(C(=O)NC3CCOC3)n2)n1. The quantitative estimate of drug-likeness (QED) is 0.684. The molecule has 0 spiro atoms. The summed E-state index contributed by atoms with van der Waals surface area (Å²) in [7, 11) is 0. The number of amides is 1.